The molecule has 234 valence electrons. The number of nitrogens with zero attached hydrogens (tertiary/aromatic N) is 1. The van der Waals surface area contributed by atoms with Gasteiger partial charge in [0.2, 0.25) is 0 Å². The molecule has 3 nitrogen and oxygen atoms in total. The van der Waals surface area contributed by atoms with Crippen molar-refractivity contribution in [2.45, 2.75) is 106 Å². The first-order valence-corrected chi connectivity index (χ1v) is 16.0. The summed E-state index contributed by atoms with van der Waals surface area (Å²) in [4.78, 5) is 24.0. The predicted octanol–water partition coefficient (Wildman–Crippen LogP) is 11.2. The minimum absolute atomic E-state index is 0. The van der Waals surface area contributed by atoms with Crippen LogP contribution in [0.2, 0.25) is 0 Å². The monoisotopic (exact) mass is 587 g/mol. The van der Waals surface area contributed by atoms with Gasteiger partial charge >= 0.3 is 0 Å². The Bertz CT molecular complexity index is 1370. The maximum Gasteiger partial charge on any atom is 0.162 e. The van der Waals surface area contributed by atoms with Gasteiger partial charge in [-0.2, -0.15) is 5.26 Å². The number of aryl methyl sites for hydroxylation is 2. The van der Waals surface area contributed by atoms with Crippen LogP contribution in [0.4, 0.5) is 4.39 Å². The Morgan fingerprint density at radius 1 is 0.953 bits per heavy atom. The molecule has 0 radical (unpaired) electrons. The number of hydrogen-bond donors (Lipinski definition) is 0. The van der Waals surface area contributed by atoms with Gasteiger partial charge in [0.1, 0.15) is 11.6 Å². The molecule has 3 aromatic rings. The fraction of sp³-hybridized carbons (Fsp3) is 0.462. The SMILES string of the molecule is CC.CC(C)(C)CC(=O)CC1CCCC1.CCC(=O)c1ccc(-c2ccccc2C#N)cc1CCCc1cccc(F)c1.[HH].[HH]. The van der Waals surface area contributed by atoms with Gasteiger partial charge in [-0.25, -0.2) is 4.39 Å². The highest BCUT2D eigenvalue weighted by atomic mass is 19.1. The molecule has 1 aliphatic rings. The molecule has 4 heteroatoms. The maximum atomic E-state index is 13.4. The van der Waals surface area contributed by atoms with Crippen molar-refractivity contribution in [3.63, 3.8) is 0 Å². The maximum absolute atomic E-state index is 13.4. The van der Waals surface area contributed by atoms with Crippen LogP contribution in [0, 0.1) is 28.5 Å². The Balaban J connectivity index is 0.000000965. The number of Topliss-reactive ketones (excluding diaryl/α,β-unsaturated/α-hetero) is 2. The normalized spacial score (nSPS) is 12.8. The lowest BCUT2D eigenvalue weighted by Crippen LogP contribution is -2.15. The van der Waals surface area contributed by atoms with Crippen molar-refractivity contribution < 1.29 is 16.8 Å². The van der Waals surface area contributed by atoms with Crippen LogP contribution < -0.4 is 0 Å². The third kappa shape index (κ3) is 12.3. The summed E-state index contributed by atoms with van der Waals surface area (Å²) in [6.45, 7) is 12.3. The van der Waals surface area contributed by atoms with Crippen LogP contribution in [0.5, 0.6) is 0 Å². The number of halogens is 1. The summed E-state index contributed by atoms with van der Waals surface area (Å²) >= 11 is 0. The molecule has 0 spiro atoms. The fourth-order valence-corrected chi connectivity index (χ4v) is 5.64. The van der Waals surface area contributed by atoms with Crippen molar-refractivity contribution in [2.24, 2.45) is 11.3 Å². The molecule has 0 atom stereocenters. The molecule has 4 rings (SSSR count). The van der Waals surface area contributed by atoms with Gasteiger partial charge in [-0.1, -0.05) is 116 Å². The van der Waals surface area contributed by atoms with Gasteiger partial charge < -0.3 is 0 Å². The fourth-order valence-electron chi connectivity index (χ4n) is 5.64. The standard InChI is InChI=1S/C25H22FNO.C12H22O.C2H6.2H2/c1-2-25(28)24-14-13-20(23-12-4-3-9-21(23)17-27)16-19(24)10-5-7-18-8-6-11-22(26)15-18;1-12(2,3)9-11(13)8-10-6-4-5-7-10;1-2;;/h3-4,6,8-9,11-16H,2,5,7,10H2,1H3;10H,4-9H2,1-3H3;1-2H3;2*1H. The van der Waals surface area contributed by atoms with Gasteiger partial charge in [-0.15, -0.1) is 0 Å². The van der Waals surface area contributed by atoms with Crippen LogP contribution in [0.25, 0.3) is 11.1 Å². The molecule has 0 aromatic heterocycles. The van der Waals surface area contributed by atoms with Crippen molar-refractivity contribution in [2.75, 3.05) is 0 Å². The Hall–Kier alpha value is -3.58. The van der Waals surface area contributed by atoms with Gasteiger partial charge in [-0.05, 0) is 71.0 Å². The molecule has 0 heterocycles. The first kappa shape index (κ1) is 35.6. The lowest BCUT2D eigenvalue weighted by molar-refractivity contribution is -0.121. The second-order valence-corrected chi connectivity index (χ2v) is 12.4. The molecule has 0 amide bonds. The highest BCUT2D eigenvalue weighted by molar-refractivity contribution is 5.98. The van der Waals surface area contributed by atoms with E-state index in [4.69, 9.17) is 0 Å². The quantitative estimate of drug-likeness (QED) is 0.222. The highest BCUT2D eigenvalue weighted by Crippen LogP contribution is 2.30. The van der Waals surface area contributed by atoms with Crippen LogP contribution in [0.3, 0.4) is 0 Å². The summed E-state index contributed by atoms with van der Waals surface area (Å²) in [5.41, 5.74) is 5.26. The first-order chi connectivity index (χ1) is 20.6. The van der Waals surface area contributed by atoms with Crippen LogP contribution in [-0.4, -0.2) is 11.6 Å². The van der Waals surface area contributed by atoms with Crippen molar-refractivity contribution in [1.82, 2.24) is 0 Å². The van der Waals surface area contributed by atoms with Crippen molar-refractivity contribution in [3.05, 3.63) is 94.8 Å². The minimum Gasteiger partial charge on any atom is -0.300 e. The van der Waals surface area contributed by atoms with E-state index < -0.39 is 0 Å². The second kappa shape index (κ2) is 18.2. The van der Waals surface area contributed by atoms with Gasteiger partial charge in [-0.3, -0.25) is 9.59 Å². The number of carbonyl (C=O) groups is 2. The lowest BCUT2D eigenvalue weighted by Gasteiger charge is -2.18. The number of rotatable bonds is 10. The summed E-state index contributed by atoms with van der Waals surface area (Å²) in [5, 5.41) is 9.39. The molecule has 0 aliphatic heterocycles. The van der Waals surface area contributed by atoms with Gasteiger partial charge in [0.15, 0.2) is 5.78 Å². The smallest absolute Gasteiger partial charge is 0.162 e. The third-order valence-electron chi connectivity index (χ3n) is 7.60. The zero-order valence-electron chi connectivity index (χ0n) is 27.1. The first-order valence-electron chi connectivity index (χ1n) is 16.0. The molecule has 0 saturated heterocycles. The van der Waals surface area contributed by atoms with Crippen LogP contribution >= 0.6 is 0 Å². The third-order valence-corrected chi connectivity index (χ3v) is 7.60. The van der Waals surface area contributed by atoms with E-state index in [2.05, 4.69) is 26.8 Å². The van der Waals surface area contributed by atoms with Crippen molar-refractivity contribution >= 4 is 11.6 Å². The van der Waals surface area contributed by atoms with E-state index in [0.29, 0.717) is 17.8 Å². The Morgan fingerprint density at radius 3 is 2.28 bits per heavy atom. The van der Waals surface area contributed by atoms with Gasteiger partial charge in [0, 0.05) is 27.7 Å². The number of hydrogen-bond acceptors (Lipinski definition) is 3. The Labute approximate surface area is 262 Å². The average molecular weight is 588 g/mol. The van der Waals surface area contributed by atoms with Gasteiger partial charge in [0.05, 0.1) is 11.6 Å². The number of carbonyl (C=O) groups excluding carboxylic acids is 2. The topological polar surface area (TPSA) is 57.9 Å². The molecule has 1 fully saturated rings. The van der Waals surface area contributed by atoms with E-state index in [1.165, 1.54) is 31.7 Å². The van der Waals surface area contributed by atoms with E-state index in [1.807, 2.05) is 63.2 Å². The summed E-state index contributed by atoms with van der Waals surface area (Å²) < 4.78 is 13.4. The molecule has 1 aliphatic carbocycles. The number of nitriles is 1. The van der Waals surface area contributed by atoms with E-state index >= 15 is 0 Å². The van der Waals surface area contributed by atoms with Crippen LogP contribution in [0.15, 0.2) is 66.7 Å². The molecule has 43 heavy (non-hydrogen) atoms. The van der Waals surface area contributed by atoms with E-state index in [0.717, 1.165) is 65.8 Å². The van der Waals surface area contributed by atoms with Crippen LogP contribution in [-0.2, 0) is 17.6 Å². The van der Waals surface area contributed by atoms with E-state index in [1.54, 1.807) is 18.2 Å². The Morgan fingerprint density at radius 2 is 1.65 bits per heavy atom. The zero-order valence-corrected chi connectivity index (χ0v) is 27.1. The summed E-state index contributed by atoms with van der Waals surface area (Å²) in [6, 6.07) is 22.1. The van der Waals surface area contributed by atoms with Gasteiger partial charge in [0.25, 0.3) is 0 Å². The molecule has 3 aromatic carbocycles. The van der Waals surface area contributed by atoms with E-state index in [-0.39, 0.29) is 19.9 Å². The predicted molar refractivity (Wildman–Crippen MR) is 181 cm³/mol. The molecular weight excluding hydrogens is 533 g/mol. The summed E-state index contributed by atoms with van der Waals surface area (Å²) in [7, 11) is 0. The second-order valence-electron chi connectivity index (χ2n) is 12.4. The van der Waals surface area contributed by atoms with E-state index in [9.17, 15) is 19.2 Å². The number of ketones is 2. The molecular formula is C39H54FNO2. The van der Waals surface area contributed by atoms with Crippen LogP contribution in [0.1, 0.15) is 123 Å². The lowest BCUT2D eigenvalue weighted by atomic mass is 9.87. The molecule has 0 unspecified atom stereocenters. The van der Waals surface area contributed by atoms with Crippen molar-refractivity contribution in [1.29, 1.82) is 5.26 Å². The summed E-state index contributed by atoms with van der Waals surface area (Å²) in [5.74, 6) is 1.07. The minimum atomic E-state index is -0.227. The number of benzene rings is 3. The summed E-state index contributed by atoms with van der Waals surface area (Å²) in [6.07, 6.45) is 9.59. The highest BCUT2D eigenvalue weighted by Gasteiger charge is 2.22. The average Bonchev–Trinajstić information content (AvgIpc) is 3.50. The van der Waals surface area contributed by atoms with Crippen molar-refractivity contribution in [3.8, 4) is 17.2 Å². The Kier molecular flexibility index (Phi) is 15.0. The largest absolute Gasteiger partial charge is 0.300 e. The molecule has 0 N–H and O–H groups in total. The molecule has 1 saturated carbocycles. The zero-order chi connectivity index (χ0) is 31.8. The molecule has 0 bridgehead atoms.